The molecule has 0 bridgehead atoms. The highest BCUT2D eigenvalue weighted by Crippen LogP contribution is 2.27. The van der Waals surface area contributed by atoms with E-state index in [1.807, 2.05) is 43.3 Å². The number of hydrogen-bond acceptors (Lipinski definition) is 7. The Labute approximate surface area is 176 Å². The Morgan fingerprint density at radius 1 is 1.17 bits per heavy atom. The third kappa shape index (κ3) is 4.28. The number of pyridine rings is 2. The first-order chi connectivity index (χ1) is 14.5. The summed E-state index contributed by atoms with van der Waals surface area (Å²) >= 11 is 0. The number of amides is 1. The summed E-state index contributed by atoms with van der Waals surface area (Å²) in [4.78, 5) is 29.7. The molecule has 1 saturated heterocycles. The van der Waals surface area contributed by atoms with Gasteiger partial charge in [0.05, 0.1) is 18.4 Å². The number of anilines is 1. The average molecular weight is 409 g/mol. The van der Waals surface area contributed by atoms with Crippen LogP contribution in [0.25, 0.3) is 0 Å². The molecule has 0 unspecified atom stereocenters. The molecule has 30 heavy (non-hydrogen) atoms. The number of ether oxygens (including phenoxy) is 2. The van der Waals surface area contributed by atoms with Gasteiger partial charge in [-0.05, 0) is 26.0 Å². The maximum Gasteiger partial charge on any atom is 0.248 e. The second-order valence-corrected chi connectivity index (χ2v) is 7.71. The molecular weight excluding hydrogens is 382 g/mol. The van der Waals surface area contributed by atoms with Crippen molar-refractivity contribution in [1.29, 1.82) is 0 Å². The van der Waals surface area contributed by atoms with Crippen molar-refractivity contribution in [2.75, 3.05) is 44.8 Å². The Morgan fingerprint density at radius 3 is 2.70 bits per heavy atom. The third-order valence-corrected chi connectivity index (χ3v) is 5.22. The van der Waals surface area contributed by atoms with Gasteiger partial charge >= 0.3 is 0 Å². The lowest BCUT2D eigenvalue weighted by Crippen LogP contribution is -2.50. The molecule has 0 spiro atoms. The van der Waals surface area contributed by atoms with Crippen LogP contribution >= 0.6 is 0 Å². The summed E-state index contributed by atoms with van der Waals surface area (Å²) in [6.07, 6.45) is 3.74. The van der Waals surface area contributed by atoms with E-state index < -0.39 is 0 Å². The minimum absolute atomic E-state index is 0.0313. The fourth-order valence-electron chi connectivity index (χ4n) is 3.75. The van der Waals surface area contributed by atoms with Crippen molar-refractivity contribution in [1.82, 2.24) is 14.9 Å². The van der Waals surface area contributed by atoms with Crippen LogP contribution in [-0.2, 0) is 16.1 Å². The van der Waals surface area contributed by atoms with Gasteiger partial charge in [0, 0.05) is 68.4 Å². The Morgan fingerprint density at radius 2 is 1.97 bits per heavy atom. The zero-order chi connectivity index (χ0) is 21.1. The number of carbonyl (C=O) groups is 1. The zero-order valence-electron chi connectivity index (χ0n) is 17.7. The molecule has 0 saturated carbocycles. The summed E-state index contributed by atoms with van der Waals surface area (Å²) in [6, 6.07) is 6.03. The molecule has 0 aromatic carbocycles. The summed E-state index contributed by atoms with van der Waals surface area (Å²) in [5.74, 6) is 1.54. The second-order valence-electron chi connectivity index (χ2n) is 7.71. The summed E-state index contributed by atoms with van der Waals surface area (Å²) in [5, 5.41) is 0. The lowest BCUT2D eigenvalue weighted by molar-refractivity contribution is -0.135. The summed E-state index contributed by atoms with van der Waals surface area (Å²) in [5.41, 5.74) is 4.13. The van der Waals surface area contributed by atoms with Crippen LogP contribution in [0, 0.1) is 0 Å². The first-order valence-corrected chi connectivity index (χ1v) is 10.2. The molecule has 0 aliphatic carbocycles. The highest BCUT2D eigenvalue weighted by atomic mass is 16.5. The van der Waals surface area contributed by atoms with Crippen molar-refractivity contribution in [3.05, 3.63) is 47.3 Å². The molecule has 2 aromatic rings. The van der Waals surface area contributed by atoms with Crippen molar-refractivity contribution < 1.29 is 14.3 Å². The topological polar surface area (TPSA) is 80.2 Å². The van der Waals surface area contributed by atoms with Gasteiger partial charge in [0.25, 0.3) is 0 Å². The first kappa shape index (κ1) is 20.3. The maximum absolute atomic E-state index is 12.0. The number of aromatic nitrogens is 2. The van der Waals surface area contributed by atoms with E-state index in [-0.39, 0.29) is 18.6 Å². The lowest BCUT2D eigenvalue weighted by atomic mass is 10.0. The van der Waals surface area contributed by atoms with Crippen LogP contribution < -0.4 is 9.64 Å². The van der Waals surface area contributed by atoms with Crippen LogP contribution in [0.5, 0.6) is 5.88 Å². The number of methoxy groups -OCH3 is 1. The standard InChI is InChI=1S/C22H27N5O3/c1-15(2)30-20-11-18-17(12-24-20)13-25-22(18)16-4-5-23-19(10-16)26-6-8-27(9-7-26)21(28)14-29-3/h4-5,10-12,15H,6-9,13-14H2,1-3H3. The Hall–Kier alpha value is -3.00. The number of aliphatic imine (C=N–C) groups is 1. The van der Waals surface area contributed by atoms with Gasteiger partial charge in [0.1, 0.15) is 12.4 Å². The predicted molar refractivity (Wildman–Crippen MR) is 114 cm³/mol. The van der Waals surface area contributed by atoms with E-state index in [0.717, 1.165) is 41.3 Å². The fourth-order valence-corrected chi connectivity index (χ4v) is 3.75. The number of fused-ring (bicyclic) bond motifs is 1. The zero-order valence-corrected chi connectivity index (χ0v) is 17.7. The Balaban J connectivity index is 1.50. The van der Waals surface area contributed by atoms with Crippen LogP contribution in [0.1, 0.15) is 30.5 Å². The molecule has 0 atom stereocenters. The van der Waals surface area contributed by atoms with Crippen molar-refractivity contribution in [2.45, 2.75) is 26.5 Å². The van der Waals surface area contributed by atoms with E-state index in [2.05, 4.69) is 20.9 Å². The van der Waals surface area contributed by atoms with Gasteiger partial charge in [-0.1, -0.05) is 0 Å². The molecule has 4 rings (SSSR count). The molecule has 8 heteroatoms. The van der Waals surface area contributed by atoms with Gasteiger partial charge in [-0.2, -0.15) is 0 Å². The smallest absolute Gasteiger partial charge is 0.248 e. The van der Waals surface area contributed by atoms with E-state index in [1.54, 1.807) is 7.11 Å². The van der Waals surface area contributed by atoms with Crippen molar-refractivity contribution in [2.24, 2.45) is 4.99 Å². The Kier molecular flexibility index (Phi) is 5.94. The van der Waals surface area contributed by atoms with Crippen molar-refractivity contribution in [3.63, 3.8) is 0 Å². The molecule has 158 valence electrons. The molecule has 2 aliphatic heterocycles. The van der Waals surface area contributed by atoms with E-state index in [0.29, 0.717) is 25.5 Å². The van der Waals surface area contributed by atoms with E-state index in [4.69, 9.17) is 14.5 Å². The molecule has 1 fully saturated rings. The highest BCUT2D eigenvalue weighted by Gasteiger charge is 2.24. The first-order valence-electron chi connectivity index (χ1n) is 10.2. The van der Waals surface area contributed by atoms with Crippen LogP contribution in [-0.4, -0.2) is 72.5 Å². The molecule has 2 aliphatic rings. The van der Waals surface area contributed by atoms with Gasteiger partial charge in [-0.15, -0.1) is 0 Å². The molecule has 0 N–H and O–H groups in total. The van der Waals surface area contributed by atoms with Crippen LogP contribution in [0.2, 0.25) is 0 Å². The van der Waals surface area contributed by atoms with E-state index in [9.17, 15) is 4.79 Å². The molecule has 0 radical (unpaired) electrons. The highest BCUT2D eigenvalue weighted by molar-refractivity contribution is 6.15. The van der Waals surface area contributed by atoms with Gasteiger partial charge in [0.15, 0.2) is 0 Å². The van der Waals surface area contributed by atoms with Crippen LogP contribution in [0.4, 0.5) is 5.82 Å². The minimum Gasteiger partial charge on any atom is -0.475 e. The van der Waals surface area contributed by atoms with Gasteiger partial charge in [0.2, 0.25) is 11.8 Å². The molecule has 8 nitrogen and oxygen atoms in total. The predicted octanol–water partition coefficient (Wildman–Crippen LogP) is 1.91. The average Bonchev–Trinajstić information content (AvgIpc) is 3.17. The SMILES string of the molecule is COCC(=O)N1CCN(c2cc(C3=NCc4cnc(OC(C)C)cc43)ccn2)CC1. The van der Waals surface area contributed by atoms with Crippen LogP contribution in [0.15, 0.2) is 35.6 Å². The Bertz CT molecular complexity index is 952. The fraction of sp³-hybridized carbons (Fsp3) is 0.455. The minimum atomic E-state index is 0.0313. The maximum atomic E-state index is 12.0. The number of piperazine rings is 1. The molecule has 4 heterocycles. The summed E-state index contributed by atoms with van der Waals surface area (Å²) in [7, 11) is 1.54. The van der Waals surface area contributed by atoms with Gasteiger partial charge in [-0.25, -0.2) is 9.97 Å². The molecule has 2 aromatic heterocycles. The van der Waals surface area contributed by atoms with Gasteiger partial charge < -0.3 is 19.3 Å². The molecule has 1 amide bonds. The quantitative estimate of drug-likeness (QED) is 0.725. The number of nitrogens with zero attached hydrogens (tertiary/aromatic N) is 5. The number of rotatable bonds is 6. The number of carbonyl (C=O) groups excluding carboxylic acids is 1. The van der Waals surface area contributed by atoms with Crippen molar-refractivity contribution in [3.8, 4) is 5.88 Å². The normalized spacial score (nSPS) is 15.9. The summed E-state index contributed by atoms with van der Waals surface area (Å²) < 4.78 is 10.7. The van der Waals surface area contributed by atoms with E-state index in [1.165, 1.54) is 0 Å². The van der Waals surface area contributed by atoms with Crippen molar-refractivity contribution >= 4 is 17.4 Å². The number of hydrogen-bond donors (Lipinski definition) is 0. The molecular formula is C22H27N5O3. The second kappa shape index (κ2) is 8.79. The summed E-state index contributed by atoms with van der Waals surface area (Å²) in [6.45, 7) is 7.54. The lowest BCUT2D eigenvalue weighted by Gasteiger charge is -2.35. The van der Waals surface area contributed by atoms with E-state index >= 15 is 0 Å². The van der Waals surface area contributed by atoms with Crippen LogP contribution in [0.3, 0.4) is 0 Å². The monoisotopic (exact) mass is 409 g/mol. The largest absolute Gasteiger partial charge is 0.475 e. The third-order valence-electron chi connectivity index (χ3n) is 5.22. The van der Waals surface area contributed by atoms with Gasteiger partial charge in [-0.3, -0.25) is 9.79 Å².